The lowest BCUT2D eigenvalue weighted by molar-refractivity contribution is 0.154. The van der Waals surface area contributed by atoms with E-state index in [2.05, 4.69) is 9.97 Å². The van der Waals surface area contributed by atoms with E-state index in [1.165, 1.54) is 6.33 Å². The van der Waals surface area contributed by atoms with Crippen LogP contribution in [0.4, 0.5) is 5.82 Å². The van der Waals surface area contributed by atoms with Gasteiger partial charge in [-0.1, -0.05) is 11.6 Å². The number of anilines is 1. The van der Waals surface area contributed by atoms with Crippen molar-refractivity contribution in [1.29, 1.82) is 0 Å². The standard InChI is InChI=1S/C9H12ClN3O/c10-8-4-11-6-12-9(8)13-3-1-2-7(14)5-13/h4,6-7,14H,1-3,5H2. The summed E-state index contributed by atoms with van der Waals surface area (Å²) in [7, 11) is 0. The van der Waals surface area contributed by atoms with Crippen molar-refractivity contribution >= 4 is 17.4 Å². The van der Waals surface area contributed by atoms with Gasteiger partial charge in [0.1, 0.15) is 11.3 Å². The normalized spacial score (nSPS) is 22.4. The number of nitrogens with zero attached hydrogens (tertiary/aromatic N) is 3. The van der Waals surface area contributed by atoms with E-state index in [0.29, 0.717) is 11.6 Å². The largest absolute Gasteiger partial charge is 0.391 e. The maximum absolute atomic E-state index is 9.50. The SMILES string of the molecule is OC1CCCN(c2ncncc2Cl)C1. The van der Waals surface area contributed by atoms with Crippen LogP contribution in [0.25, 0.3) is 0 Å². The number of hydrogen-bond donors (Lipinski definition) is 1. The van der Waals surface area contributed by atoms with E-state index in [4.69, 9.17) is 11.6 Å². The fourth-order valence-electron chi connectivity index (χ4n) is 1.69. The van der Waals surface area contributed by atoms with Crippen LogP contribution < -0.4 is 4.90 Å². The molecule has 1 aliphatic rings. The second kappa shape index (κ2) is 4.11. The first-order chi connectivity index (χ1) is 6.77. The van der Waals surface area contributed by atoms with Crippen LogP contribution in [0.5, 0.6) is 0 Å². The van der Waals surface area contributed by atoms with Gasteiger partial charge in [0, 0.05) is 13.1 Å². The molecule has 1 unspecified atom stereocenters. The lowest BCUT2D eigenvalue weighted by Gasteiger charge is -2.31. The molecule has 1 saturated heterocycles. The summed E-state index contributed by atoms with van der Waals surface area (Å²) in [5, 5.41) is 10.0. The maximum atomic E-state index is 9.50. The molecule has 2 heterocycles. The van der Waals surface area contributed by atoms with Crippen molar-refractivity contribution in [3.05, 3.63) is 17.5 Å². The highest BCUT2D eigenvalue weighted by atomic mass is 35.5. The average Bonchev–Trinajstić information content (AvgIpc) is 2.18. The molecule has 0 aromatic carbocycles. The monoisotopic (exact) mass is 213 g/mol. The summed E-state index contributed by atoms with van der Waals surface area (Å²) in [4.78, 5) is 9.93. The van der Waals surface area contributed by atoms with Crippen LogP contribution in [0, 0.1) is 0 Å². The predicted octanol–water partition coefficient (Wildman–Crippen LogP) is 1.09. The Morgan fingerprint density at radius 2 is 2.43 bits per heavy atom. The maximum Gasteiger partial charge on any atom is 0.150 e. The van der Waals surface area contributed by atoms with Gasteiger partial charge in [-0.25, -0.2) is 9.97 Å². The zero-order valence-electron chi connectivity index (χ0n) is 7.73. The van der Waals surface area contributed by atoms with Crippen molar-refractivity contribution in [3.8, 4) is 0 Å². The molecule has 1 aromatic heterocycles. The molecular formula is C9H12ClN3O. The molecule has 1 atom stereocenters. The van der Waals surface area contributed by atoms with Gasteiger partial charge in [0.25, 0.3) is 0 Å². The van der Waals surface area contributed by atoms with Gasteiger partial charge in [0.15, 0.2) is 5.82 Å². The number of halogens is 1. The lowest BCUT2D eigenvalue weighted by Crippen LogP contribution is -2.38. The first kappa shape index (κ1) is 9.68. The number of aliphatic hydroxyl groups excluding tert-OH is 1. The highest BCUT2D eigenvalue weighted by molar-refractivity contribution is 6.32. The van der Waals surface area contributed by atoms with Crippen molar-refractivity contribution in [1.82, 2.24) is 9.97 Å². The number of piperidine rings is 1. The molecule has 0 spiro atoms. The minimum absolute atomic E-state index is 0.269. The number of β-amino-alcohol motifs (C(OH)–C–C–N with tert-alkyl or cyclic N) is 1. The Labute approximate surface area is 87.5 Å². The van der Waals surface area contributed by atoms with E-state index in [9.17, 15) is 5.11 Å². The number of rotatable bonds is 1. The van der Waals surface area contributed by atoms with Crippen molar-refractivity contribution in [2.45, 2.75) is 18.9 Å². The third-order valence-corrected chi connectivity index (χ3v) is 2.61. The number of aliphatic hydroxyl groups is 1. The second-order valence-electron chi connectivity index (χ2n) is 3.44. The molecule has 0 saturated carbocycles. The number of aromatic nitrogens is 2. The van der Waals surface area contributed by atoms with Gasteiger partial charge in [-0.15, -0.1) is 0 Å². The van der Waals surface area contributed by atoms with Crippen molar-refractivity contribution in [2.24, 2.45) is 0 Å². The molecule has 14 heavy (non-hydrogen) atoms. The topological polar surface area (TPSA) is 49.2 Å². The van der Waals surface area contributed by atoms with Gasteiger partial charge in [-0.2, -0.15) is 0 Å². The van der Waals surface area contributed by atoms with Crippen LogP contribution >= 0.6 is 11.6 Å². The van der Waals surface area contributed by atoms with E-state index >= 15 is 0 Å². The summed E-state index contributed by atoms with van der Waals surface area (Å²) in [6.45, 7) is 1.50. The molecule has 0 bridgehead atoms. The molecule has 2 rings (SSSR count). The minimum atomic E-state index is -0.269. The summed E-state index contributed by atoms with van der Waals surface area (Å²) in [6.07, 6.45) is 4.61. The van der Waals surface area contributed by atoms with Crippen LogP contribution in [-0.4, -0.2) is 34.3 Å². The summed E-state index contributed by atoms with van der Waals surface area (Å²) in [5.74, 6) is 0.723. The fraction of sp³-hybridized carbons (Fsp3) is 0.556. The van der Waals surface area contributed by atoms with Gasteiger partial charge in [-0.05, 0) is 12.8 Å². The van der Waals surface area contributed by atoms with Crippen LogP contribution in [0.3, 0.4) is 0 Å². The van der Waals surface area contributed by atoms with E-state index in [0.717, 1.165) is 25.2 Å². The predicted molar refractivity (Wildman–Crippen MR) is 54.5 cm³/mol. The van der Waals surface area contributed by atoms with Gasteiger partial charge < -0.3 is 10.0 Å². The van der Waals surface area contributed by atoms with Crippen molar-refractivity contribution in [2.75, 3.05) is 18.0 Å². The van der Waals surface area contributed by atoms with Gasteiger partial charge in [-0.3, -0.25) is 0 Å². The quantitative estimate of drug-likeness (QED) is 0.759. The van der Waals surface area contributed by atoms with Gasteiger partial charge in [0.05, 0.1) is 12.3 Å². The summed E-state index contributed by atoms with van der Waals surface area (Å²) >= 11 is 5.96. The Hall–Kier alpha value is -0.870. The minimum Gasteiger partial charge on any atom is -0.391 e. The van der Waals surface area contributed by atoms with Gasteiger partial charge in [0.2, 0.25) is 0 Å². The van der Waals surface area contributed by atoms with Crippen molar-refractivity contribution < 1.29 is 5.11 Å². The molecule has 1 aliphatic heterocycles. The summed E-state index contributed by atoms with van der Waals surface area (Å²) < 4.78 is 0. The van der Waals surface area contributed by atoms with Crippen LogP contribution in [-0.2, 0) is 0 Å². The smallest absolute Gasteiger partial charge is 0.150 e. The van der Waals surface area contributed by atoms with Crippen LogP contribution in [0.2, 0.25) is 5.02 Å². The molecule has 1 N–H and O–H groups in total. The van der Waals surface area contributed by atoms with Gasteiger partial charge >= 0.3 is 0 Å². The summed E-state index contributed by atoms with van der Waals surface area (Å²) in [5.41, 5.74) is 0. The molecule has 0 aliphatic carbocycles. The molecular weight excluding hydrogens is 202 g/mol. The zero-order chi connectivity index (χ0) is 9.97. The molecule has 76 valence electrons. The summed E-state index contributed by atoms with van der Waals surface area (Å²) in [6, 6.07) is 0. The highest BCUT2D eigenvalue weighted by Crippen LogP contribution is 2.24. The molecule has 1 aromatic rings. The Morgan fingerprint density at radius 1 is 1.57 bits per heavy atom. The molecule has 0 radical (unpaired) electrons. The Balaban J connectivity index is 2.18. The second-order valence-corrected chi connectivity index (χ2v) is 3.84. The van der Waals surface area contributed by atoms with Crippen LogP contribution in [0.15, 0.2) is 12.5 Å². The highest BCUT2D eigenvalue weighted by Gasteiger charge is 2.20. The Morgan fingerprint density at radius 3 is 3.14 bits per heavy atom. The molecule has 5 heteroatoms. The van der Waals surface area contributed by atoms with E-state index in [1.807, 2.05) is 4.90 Å². The third kappa shape index (κ3) is 1.96. The fourth-order valence-corrected chi connectivity index (χ4v) is 1.91. The third-order valence-electron chi connectivity index (χ3n) is 2.34. The lowest BCUT2D eigenvalue weighted by atomic mass is 10.1. The molecule has 1 fully saturated rings. The first-order valence-electron chi connectivity index (χ1n) is 4.66. The molecule has 4 nitrogen and oxygen atoms in total. The number of hydrogen-bond acceptors (Lipinski definition) is 4. The Kier molecular flexibility index (Phi) is 2.84. The average molecular weight is 214 g/mol. The van der Waals surface area contributed by atoms with Crippen molar-refractivity contribution in [3.63, 3.8) is 0 Å². The molecule has 0 amide bonds. The van der Waals surface area contributed by atoms with E-state index < -0.39 is 0 Å². The Bertz CT molecular complexity index is 321. The first-order valence-corrected chi connectivity index (χ1v) is 5.03. The van der Waals surface area contributed by atoms with E-state index in [1.54, 1.807) is 6.20 Å². The zero-order valence-corrected chi connectivity index (χ0v) is 8.48. The van der Waals surface area contributed by atoms with Crippen LogP contribution in [0.1, 0.15) is 12.8 Å². The van der Waals surface area contributed by atoms with E-state index in [-0.39, 0.29) is 6.10 Å².